The van der Waals surface area contributed by atoms with Crippen LogP contribution in [0.2, 0.25) is 0 Å². The average Bonchev–Trinajstić information content (AvgIpc) is 3.13. The van der Waals surface area contributed by atoms with Gasteiger partial charge in [0.1, 0.15) is 24.9 Å². The van der Waals surface area contributed by atoms with Crippen LogP contribution in [0.25, 0.3) is 0 Å². The Hall–Kier alpha value is -2.25. The quantitative estimate of drug-likeness (QED) is 0.812. The van der Waals surface area contributed by atoms with Gasteiger partial charge in [0.25, 0.3) is 0 Å². The van der Waals surface area contributed by atoms with Crippen LogP contribution >= 0.6 is 0 Å². The number of nitrogens with zero attached hydrogens (tertiary/aromatic N) is 1. The zero-order valence-corrected chi connectivity index (χ0v) is 15.8. The van der Waals surface area contributed by atoms with Crippen LogP contribution in [0.5, 0.6) is 0 Å². The van der Waals surface area contributed by atoms with E-state index in [1.54, 1.807) is 24.3 Å². The molecule has 3 rings (SSSR count). The Morgan fingerprint density at radius 1 is 1.33 bits per heavy atom. The maximum absolute atomic E-state index is 13.5. The summed E-state index contributed by atoms with van der Waals surface area (Å²) in [4.78, 5) is 39.0. The number of carbonyl (C=O) groups is 3. The number of primary amides is 1. The molecule has 0 aliphatic carbocycles. The van der Waals surface area contributed by atoms with E-state index < -0.39 is 30.1 Å². The maximum atomic E-state index is 13.5. The molecule has 2 fully saturated rings. The topological polar surface area (TPSA) is 110 Å². The van der Waals surface area contributed by atoms with Gasteiger partial charge in [0, 0.05) is 5.56 Å². The molecule has 1 aromatic carbocycles. The number of β-amino-alcohol motifs (C(OH)–C–C–N with tert-alkyl or cyclic N) is 1. The number of Topliss-reactive ketones (excluding diaryl/α,β-unsaturated/α-hetero) is 1. The lowest BCUT2D eigenvalue weighted by Crippen LogP contribution is -2.45. The van der Waals surface area contributed by atoms with Crippen LogP contribution in [-0.4, -0.2) is 59.0 Å². The number of nitrogens with two attached hydrogens (primary N) is 1. The molecule has 27 heavy (non-hydrogen) atoms. The number of ether oxygens (including phenoxy) is 1. The summed E-state index contributed by atoms with van der Waals surface area (Å²) >= 11 is 0. The molecule has 3 N–H and O–H groups in total. The number of benzene rings is 1. The number of likely N-dealkylation sites (tertiary alicyclic amines) is 1. The minimum absolute atomic E-state index is 0.0410. The molecule has 0 saturated carbocycles. The molecule has 2 saturated heterocycles. The van der Waals surface area contributed by atoms with E-state index in [0.717, 1.165) is 0 Å². The molecule has 7 heteroatoms. The van der Waals surface area contributed by atoms with Crippen molar-refractivity contribution in [3.05, 3.63) is 35.4 Å². The van der Waals surface area contributed by atoms with Gasteiger partial charge in [-0.3, -0.25) is 14.4 Å². The monoisotopic (exact) mass is 374 g/mol. The molecule has 0 unspecified atom stereocenters. The Kier molecular flexibility index (Phi) is 5.10. The lowest BCUT2D eigenvalue weighted by molar-refractivity contribution is -0.138. The van der Waals surface area contributed by atoms with Gasteiger partial charge in [-0.05, 0) is 23.5 Å². The minimum Gasteiger partial charge on any atom is -0.388 e. The van der Waals surface area contributed by atoms with Crippen molar-refractivity contribution in [1.82, 2.24) is 4.90 Å². The van der Waals surface area contributed by atoms with Crippen molar-refractivity contribution in [2.45, 2.75) is 51.4 Å². The third-order valence-corrected chi connectivity index (χ3v) is 5.16. The highest BCUT2D eigenvalue weighted by Gasteiger charge is 2.53. The van der Waals surface area contributed by atoms with Crippen LogP contribution in [-0.2, 0) is 14.3 Å². The molecule has 2 amide bonds. The molecule has 0 bridgehead atoms. The molecule has 146 valence electrons. The number of rotatable bonds is 4. The Bertz CT molecular complexity index is 770. The zero-order chi connectivity index (χ0) is 19.9. The van der Waals surface area contributed by atoms with Crippen molar-refractivity contribution < 1.29 is 24.2 Å². The van der Waals surface area contributed by atoms with Crippen molar-refractivity contribution in [1.29, 1.82) is 0 Å². The molecular weight excluding hydrogens is 348 g/mol. The fourth-order valence-corrected chi connectivity index (χ4v) is 4.02. The second-order valence-electron chi connectivity index (χ2n) is 8.51. The molecule has 2 aliphatic heterocycles. The summed E-state index contributed by atoms with van der Waals surface area (Å²) in [5, 5.41) is 10.2. The van der Waals surface area contributed by atoms with Gasteiger partial charge in [0.05, 0.1) is 12.5 Å². The summed E-state index contributed by atoms with van der Waals surface area (Å²) in [7, 11) is 0. The Labute approximate surface area is 158 Å². The third-order valence-electron chi connectivity index (χ3n) is 5.16. The van der Waals surface area contributed by atoms with Gasteiger partial charge in [-0.1, -0.05) is 39.0 Å². The molecule has 2 aliphatic rings. The highest BCUT2D eigenvalue weighted by Crippen LogP contribution is 2.37. The molecule has 0 spiro atoms. The summed E-state index contributed by atoms with van der Waals surface area (Å²) in [6.07, 6.45) is -1.11. The van der Waals surface area contributed by atoms with E-state index in [9.17, 15) is 19.5 Å². The minimum atomic E-state index is -0.896. The molecule has 0 aromatic heterocycles. The third kappa shape index (κ3) is 3.75. The number of aliphatic hydroxyl groups excluding tert-OH is 1. The van der Waals surface area contributed by atoms with Crippen LogP contribution in [0.15, 0.2) is 24.3 Å². The summed E-state index contributed by atoms with van der Waals surface area (Å²) in [5.41, 5.74) is 6.16. The molecule has 1 aromatic rings. The van der Waals surface area contributed by atoms with Crippen molar-refractivity contribution in [3.63, 3.8) is 0 Å². The summed E-state index contributed by atoms with van der Waals surface area (Å²) < 4.78 is 5.36. The van der Waals surface area contributed by atoms with E-state index in [1.807, 2.05) is 20.8 Å². The molecule has 0 radical (unpaired) electrons. The van der Waals surface area contributed by atoms with Crippen LogP contribution in [0.4, 0.5) is 0 Å². The number of hydrogen-bond donors (Lipinski definition) is 2. The van der Waals surface area contributed by atoms with Crippen molar-refractivity contribution >= 4 is 17.6 Å². The number of ketones is 1. The summed E-state index contributed by atoms with van der Waals surface area (Å²) in [6, 6.07) is 6.02. The molecule has 4 atom stereocenters. The first-order valence-corrected chi connectivity index (χ1v) is 9.12. The lowest BCUT2D eigenvalue weighted by Gasteiger charge is -2.31. The first-order valence-electron chi connectivity index (χ1n) is 9.12. The first kappa shape index (κ1) is 19.5. The smallest absolute Gasteiger partial charge is 0.249 e. The van der Waals surface area contributed by atoms with Crippen molar-refractivity contribution in [2.24, 2.45) is 11.1 Å². The van der Waals surface area contributed by atoms with Gasteiger partial charge in [-0.2, -0.15) is 0 Å². The number of amides is 2. The molecular formula is C20H26N2O5. The largest absolute Gasteiger partial charge is 0.388 e. The SMILES string of the molecule is CC(C)(C)C[C@H](C(=O)N1C[C@H](O)[C@H]2OCC(=O)[C@H]21)c1ccccc1C(N)=O. The summed E-state index contributed by atoms with van der Waals surface area (Å²) in [5.74, 6) is -1.74. The average molecular weight is 374 g/mol. The van der Waals surface area contributed by atoms with E-state index in [-0.39, 0.29) is 30.3 Å². The maximum Gasteiger partial charge on any atom is 0.249 e. The Balaban J connectivity index is 2.00. The van der Waals surface area contributed by atoms with Crippen LogP contribution in [0.1, 0.15) is 49.0 Å². The van der Waals surface area contributed by atoms with E-state index in [1.165, 1.54) is 4.90 Å². The van der Waals surface area contributed by atoms with E-state index in [2.05, 4.69) is 0 Å². The molecule has 7 nitrogen and oxygen atoms in total. The normalized spacial score (nSPS) is 26.1. The van der Waals surface area contributed by atoms with E-state index >= 15 is 0 Å². The van der Waals surface area contributed by atoms with Crippen LogP contribution < -0.4 is 5.73 Å². The number of fused-ring (bicyclic) bond motifs is 1. The Morgan fingerprint density at radius 3 is 2.63 bits per heavy atom. The highest BCUT2D eigenvalue weighted by atomic mass is 16.5. The van der Waals surface area contributed by atoms with Crippen LogP contribution in [0.3, 0.4) is 0 Å². The Morgan fingerprint density at radius 2 is 2.00 bits per heavy atom. The fraction of sp³-hybridized carbons (Fsp3) is 0.550. The van der Waals surface area contributed by atoms with Gasteiger partial charge in [0.15, 0.2) is 5.78 Å². The van der Waals surface area contributed by atoms with Gasteiger partial charge in [-0.15, -0.1) is 0 Å². The fourth-order valence-electron chi connectivity index (χ4n) is 4.02. The predicted octanol–water partition coefficient (Wildman–Crippen LogP) is 0.845. The van der Waals surface area contributed by atoms with E-state index in [4.69, 9.17) is 10.5 Å². The number of aliphatic hydroxyl groups is 1. The standard InChI is InChI=1S/C20H26N2O5/c1-20(2,3)8-13(11-6-4-5-7-12(11)18(21)25)19(26)22-9-14(23)17-16(22)15(24)10-27-17/h4-7,13-14,16-17,23H,8-10H2,1-3H3,(H2,21,25)/t13-,14-,16+,17+/m0/s1. The summed E-state index contributed by atoms with van der Waals surface area (Å²) in [6.45, 7) is 5.96. The van der Waals surface area contributed by atoms with Gasteiger partial charge >= 0.3 is 0 Å². The number of hydrogen-bond acceptors (Lipinski definition) is 5. The zero-order valence-electron chi connectivity index (χ0n) is 15.8. The number of carbonyl (C=O) groups excluding carboxylic acids is 3. The van der Waals surface area contributed by atoms with Gasteiger partial charge in [0.2, 0.25) is 11.8 Å². The van der Waals surface area contributed by atoms with Crippen LogP contribution in [0, 0.1) is 5.41 Å². The van der Waals surface area contributed by atoms with Gasteiger partial charge < -0.3 is 20.5 Å². The van der Waals surface area contributed by atoms with Crippen molar-refractivity contribution in [3.8, 4) is 0 Å². The first-order chi connectivity index (χ1) is 12.6. The second kappa shape index (κ2) is 7.05. The van der Waals surface area contributed by atoms with E-state index in [0.29, 0.717) is 17.5 Å². The lowest BCUT2D eigenvalue weighted by atomic mass is 9.79. The van der Waals surface area contributed by atoms with Gasteiger partial charge in [-0.25, -0.2) is 0 Å². The predicted molar refractivity (Wildman–Crippen MR) is 98.0 cm³/mol. The molecule has 2 heterocycles. The highest BCUT2D eigenvalue weighted by molar-refractivity contribution is 5.98. The van der Waals surface area contributed by atoms with Crippen molar-refractivity contribution in [2.75, 3.05) is 13.2 Å². The second-order valence-corrected chi connectivity index (χ2v) is 8.51.